The largest absolute Gasteiger partial charge is 0.363 e. The average molecular weight is 652 g/mol. The van der Waals surface area contributed by atoms with Crippen molar-refractivity contribution >= 4 is 39.0 Å². The van der Waals surface area contributed by atoms with E-state index in [1.807, 2.05) is 50.8 Å². The summed E-state index contributed by atoms with van der Waals surface area (Å²) >= 11 is 0. The van der Waals surface area contributed by atoms with E-state index in [2.05, 4.69) is 27.6 Å². The molecule has 1 fully saturated rings. The predicted molar refractivity (Wildman–Crippen MR) is 180 cm³/mol. The van der Waals surface area contributed by atoms with Gasteiger partial charge < -0.3 is 4.90 Å². The van der Waals surface area contributed by atoms with Crippen molar-refractivity contribution in [3.05, 3.63) is 98.1 Å². The molecule has 0 aromatic heterocycles. The van der Waals surface area contributed by atoms with Crippen molar-refractivity contribution in [3.63, 3.8) is 0 Å². The molecule has 246 valence electrons. The first-order valence-corrected chi connectivity index (χ1v) is 16.7. The van der Waals surface area contributed by atoms with Gasteiger partial charge in [-0.05, 0) is 29.5 Å². The van der Waals surface area contributed by atoms with Crippen molar-refractivity contribution in [1.29, 1.82) is 0 Å². The number of sulfonamides is 1. The van der Waals surface area contributed by atoms with E-state index in [4.69, 9.17) is 0 Å². The summed E-state index contributed by atoms with van der Waals surface area (Å²) in [7, 11) is -4.14. The standard InChI is InChI=1S/C32H41N7O6S/c1-24(2)21-37(22-25(3)4)46(44,45)32-19-28(38(40)41)11-12-29(32)34-33-20-27-10-13-30(31(18-27)39(42)43)36-16-14-35(15-17-36)23-26-8-6-5-7-9-26/h5-13,18-20,24-25,34H,14-17,21-23H2,1-4H3. The van der Waals surface area contributed by atoms with E-state index >= 15 is 0 Å². The Balaban J connectivity index is 1.53. The monoisotopic (exact) mass is 651 g/mol. The topological polar surface area (TPSA) is 155 Å². The highest BCUT2D eigenvalue weighted by Gasteiger charge is 2.30. The van der Waals surface area contributed by atoms with E-state index in [-0.39, 0.29) is 46.9 Å². The highest BCUT2D eigenvalue weighted by molar-refractivity contribution is 7.89. The first-order valence-electron chi connectivity index (χ1n) is 15.2. The third-order valence-corrected chi connectivity index (χ3v) is 9.36. The summed E-state index contributed by atoms with van der Waals surface area (Å²) in [5.41, 5.74) is 4.51. The lowest BCUT2D eigenvalue weighted by Crippen LogP contribution is -2.46. The minimum absolute atomic E-state index is 0.0265. The Hall–Kier alpha value is -4.40. The molecule has 0 radical (unpaired) electrons. The molecule has 0 atom stereocenters. The van der Waals surface area contributed by atoms with Crippen LogP contribution in [0, 0.1) is 32.1 Å². The van der Waals surface area contributed by atoms with Crippen LogP contribution in [0.2, 0.25) is 0 Å². The van der Waals surface area contributed by atoms with E-state index in [0.717, 1.165) is 25.7 Å². The number of anilines is 2. The molecule has 13 nitrogen and oxygen atoms in total. The number of benzene rings is 3. The maximum atomic E-state index is 13.8. The number of hydrazone groups is 1. The van der Waals surface area contributed by atoms with Crippen molar-refractivity contribution in [1.82, 2.24) is 9.21 Å². The Labute approximate surface area is 269 Å². The zero-order valence-corrected chi connectivity index (χ0v) is 27.4. The third-order valence-electron chi connectivity index (χ3n) is 7.49. The van der Waals surface area contributed by atoms with Gasteiger partial charge >= 0.3 is 0 Å². The van der Waals surface area contributed by atoms with Crippen LogP contribution in [0.4, 0.5) is 22.7 Å². The van der Waals surface area contributed by atoms with Gasteiger partial charge in [-0.25, -0.2) is 8.42 Å². The molecule has 0 unspecified atom stereocenters. The zero-order chi connectivity index (χ0) is 33.4. The molecule has 46 heavy (non-hydrogen) atoms. The van der Waals surface area contributed by atoms with Crippen molar-refractivity contribution in [2.45, 2.75) is 39.1 Å². The lowest BCUT2D eigenvalue weighted by atomic mass is 10.1. The summed E-state index contributed by atoms with van der Waals surface area (Å²) in [5.74, 6) is 0.0529. The second-order valence-electron chi connectivity index (χ2n) is 12.2. The Morgan fingerprint density at radius 3 is 2.13 bits per heavy atom. The summed E-state index contributed by atoms with van der Waals surface area (Å²) < 4.78 is 28.9. The van der Waals surface area contributed by atoms with Crippen LogP contribution in [-0.2, 0) is 16.6 Å². The Morgan fingerprint density at radius 2 is 1.54 bits per heavy atom. The number of rotatable bonds is 14. The molecule has 1 aliphatic heterocycles. The lowest BCUT2D eigenvalue weighted by molar-refractivity contribution is -0.385. The van der Waals surface area contributed by atoms with Crippen molar-refractivity contribution in [3.8, 4) is 0 Å². The molecule has 0 amide bonds. The summed E-state index contributed by atoms with van der Waals surface area (Å²) in [6.45, 7) is 11.7. The minimum Gasteiger partial charge on any atom is -0.363 e. The molecule has 1 N–H and O–H groups in total. The normalized spacial score (nSPS) is 14.5. The highest BCUT2D eigenvalue weighted by Crippen LogP contribution is 2.32. The first kappa shape index (κ1) is 34.5. The summed E-state index contributed by atoms with van der Waals surface area (Å²) in [6, 6.07) is 18.5. The molecule has 14 heteroatoms. The van der Waals surface area contributed by atoms with Gasteiger partial charge in [-0.3, -0.25) is 30.6 Å². The van der Waals surface area contributed by atoms with Gasteiger partial charge in [0.25, 0.3) is 11.4 Å². The number of nitrogens with one attached hydrogen (secondary N) is 1. The second-order valence-corrected chi connectivity index (χ2v) is 14.1. The lowest BCUT2D eigenvalue weighted by Gasteiger charge is -2.35. The van der Waals surface area contributed by atoms with Gasteiger partial charge in [0.1, 0.15) is 10.6 Å². The number of piperazine rings is 1. The van der Waals surface area contributed by atoms with Crippen LogP contribution >= 0.6 is 0 Å². The molecular weight excluding hydrogens is 610 g/mol. The summed E-state index contributed by atoms with van der Waals surface area (Å²) in [4.78, 5) is 26.6. The fourth-order valence-electron chi connectivity index (χ4n) is 5.35. The van der Waals surface area contributed by atoms with Gasteiger partial charge in [0.05, 0.1) is 21.7 Å². The van der Waals surface area contributed by atoms with E-state index in [0.29, 0.717) is 24.3 Å². The molecular formula is C32H41N7O6S. The maximum absolute atomic E-state index is 13.8. The van der Waals surface area contributed by atoms with Gasteiger partial charge in [0.15, 0.2) is 0 Å². The third kappa shape index (κ3) is 8.86. The maximum Gasteiger partial charge on any atom is 0.293 e. The Morgan fingerprint density at radius 1 is 0.891 bits per heavy atom. The van der Waals surface area contributed by atoms with Crippen LogP contribution in [0.1, 0.15) is 38.8 Å². The fraction of sp³-hybridized carbons (Fsp3) is 0.406. The van der Waals surface area contributed by atoms with E-state index in [1.54, 1.807) is 12.1 Å². The van der Waals surface area contributed by atoms with Gasteiger partial charge in [-0.2, -0.15) is 9.41 Å². The number of hydrogen-bond acceptors (Lipinski definition) is 10. The van der Waals surface area contributed by atoms with Crippen molar-refractivity contribution in [2.24, 2.45) is 16.9 Å². The number of non-ortho nitro benzene ring substituents is 1. The van der Waals surface area contributed by atoms with E-state index < -0.39 is 19.9 Å². The second kappa shape index (κ2) is 15.3. The molecule has 4 rings (SSSR count). The molecule has 0 bridgehead atoms. The summed E-state index contributed by atoms with van der Waals surface area (Å²) in [5, 5.41) is 27.7. The Kier molecular flexibility index (Phi) is 11.4. The molecule has 1 saturated heterocycles. The van der Waals surface area contributed by atoms with E-state index in [9.17, 15) is 28.6 Å². The first-order chi connectivity index (χ1) is 21.8. The van der Waals surface area contributed by atoms with Crippen LogP contribution in [0.3, 0.4) is 0 Å². The number of nitro benzene ring substituents is 2. The molecule has 0 spiro atoms. The number of nitrogens with zero attached hydrogens (tertiary/aromatic N) is 6. The zero-order valence-electron chi connectivity index (χ0n) is 26.6. The molecule has 3 aromatic carbocycles. The average Bonchev–Trinajstić information content (AvgIpc) is 3.01. The van der Waals surface area contributed by atoms with Crippen molar-refractivity contribution < 1.29 is 18.3 Å². The highest BCUT2D eigenvalue weighted by atomic mass is 32.2. The van der Waals surface area contributed by atoms with Gasteiger partial charge in [-0.1, -0.05) is 64.1 Å². The Bertz CT molecular complexity index is 1650. The minimum atomic E-state index is -4.14. The van der Waals surface area contributed by atoms with Crippen LogP contribution in [0.25, 0.3) is 0 Å². The number of nitro groups is 2. The van der Waals surface area contributed by atoms with Crippen LogP contribution in [-0.4, -0.2) is 73.0 Å². The van der Waals surface area contributed by atoms with Crippen LogP contribution in [0.15, 0.2) is 76.7 Å². The molecule has 0 saturated carbocycles. The predicted octanol–water partition coefficient (Wildman–Crippen LogP) is 5.57. The van der Waals surface area contributed by atoms with Gasteiger partial charge in [0.2, 0.25) is 10.0 Å². The molecule has 0 aliphatic carbocycles. The van der Waals surface area contributed by atoms with Gasteiger partial charge in [0, 0.05) is 69.6 Å². The SMILES string of the molecule is CC(C)CN(CC(C)C)S(=O)(=O)c1cc([N+](=O)[O-])ccc1NN=Cc1ccc(N2CCN(Cc3ccccc3)CC2)c([N+](=O)[O-])c1. The summed E-state index contributed by atoms with van der Waals surface area (Å²) in [6.07, 6.45) is 1.35. The molecule has 1 aliphatic rings. The van der Waals surface area contributed by atoms with Crippen LogP contribution < -0.4 is 10.3 Å². The number of hydrogen-bond donors (Lipinski definition) is 1. The van der Waals surface area contributed by atoms with Gasteiger partial charge in [-0.15, -0.1) is 0 Å². The van der Waals surface area contributed by atoms with E-state index in [1.165, 1.54) is 34.3 Å². The quantitative estimate of drug-likeness (QED) is 0.134. The fourth-order valence-corrected chi connectivity index (χ4v) is 7.28. The smallest absolute Gasteiger partial charge is 0.293 e. The van der Waals surface area contributed by atoms with Crippen LogP contribution in [0.5, 0.6) is 0 Å². The molecule has 3 aromatic rings. The molecule has 1 heterocycles. The van der Waals surface area contributed by atoms with Crippen molar-refractivity contribution in [2.75, 3.05) is 49.6 Å².